The molecule has 1 amide bonds. The van der Waals surface area contributed by atoms with Crippen molar-refractivity contribution in [3.8, 4) is 10.6 Å². The van der Waals surface area contributed by atoms with Crippen molar-refractivity contribution < 1.29 is 18.0 Å². The second-order valence-corrected chi connectivity index (χ2v) is 6.73. The number of amides is 1. The molecule has 1 aromatic heterocycles. The number of halogens is 3. The summed E-state index contributed by atoms with van der Waals surface area (Å²) in [6.45, 7) is 2.44. The molecule has 0 bridgehead atoms. The number of rotatable bonds is 5. The summed E-state index contributed by atoms with van der Waals surface area (Å²) in [7, 11) is 0. The van der Waals surface area contributed by atoms with E-state index in [0.717, 1.165) is 17.8 Å². The van der Waals surface area contributed by atoms with Crippen molar-refractivity contribution in [3.05, 3.63) is 71.2 Å². The smallest absolute Gasteiger partial charge is 0.312 e. The predicted octanol–water partition coefficient (Wildman–Crippen LogP) is 5.42. The number of aromatic nitrogens is 1. The molecule has 2 aromatic carbocycles. The number of thiazole rings is 1. The summed E-state index contributed by atoms with van der Waals surface area (Å²) in [5.74, 6) is -0.0760. The Morgan fingerprint density at radius 1 is 1.07 bits per heavy atom. The number of carbonyl (C=O) groups excluding carboxylic acids is 1. The van der Waals surface area contributed by atoms with E-state index in [2.05, 4.69) is 4.98 Å². The van der Waals surface area contributed by atoms with Crippen molar-refractivity contribution in [1.29, 1.82) is 0 Å². The minimum atomic E-state index is -4.36. The van der Waals surface area contributed by atoms with Gasteiger partial charge >= 0.3 is 6.18 Å². The van der Waals surface area contributed by atoms with Crippen LogP contribution in [0.4, 0.5) is 18.9 Å². The quantitative estimate of drug-likeness (QED) is 0.582. The highest BCUT2D eigenvalue weighted by Gasteiger charge is 2.30. The van der Waals surface area contributed by atoms with E-state index in [1.165, 1.54) is 23.5 Å². The number of hydrogen-bond acceptors (Lipinski definition) is 3. The van der Waals surface area contributed by atoms with Crippen molar-refractivity contribution in [1.82, 2.24) is 4.98 Å². The van der Waals surface area contributed by atoms with Crippen LogP contribution < -0.4 is 4.90 Å². The van der Waals surface area contributed by atoms with Gasteiger partial charge in [0.05, 0.1) is 17.7 Å². The topological polar surface area (TPSA) is 33.2 Å². The van der Waals surface area contributed by atoms with E-state index in [0.29, 0.717) is 22.8 Å². The fraction of sp³-hybridized carbons (Fsp3) is 0.200. The van der Waals surface area contributed by atoms with Crippen LogP contribution >= 0.6 is 11.3 Å². The number of nitrogens with zero attached hydrogens (tertiary/aromatic N) is 2. The van der Waals surface area contributed by atoms with Crippen LogP contribution in [0, 0.1) is 0 Å². The van der Waals surface area contributed by atoms with Gasteiger partial charge in [-0.2, -0.15) is 13.2 Å². The van der Waals surface area contributed by atoms with Crippen LogP contribution in [0.25, 0.3) is 10.6 Å². The molecule has 0 spiro atoms. The molecule has 0 aliphatic rings. The monoisotopic (exact) mass is 390 g/mol. The molecule has 0 aliphatic carbocycles. The van der Waals surface area contributed by atoms with Gasteiger partial charge in [-0.3, -0.25) is 4.79 Å². The summed E-state index contributed by atoms with van der Waals surface area (Å²) in [4.78, 5) is 18.7. The number of carbonyl (C=O) groups is 1. The lowest BCUT2D eigenvalue weighted by Crippen LogP contribution is -2.32. The molecule has 0 unspecified atom stereocenters. The van der Waals surface area contributed by atoms with Crippen molar-refractivity contribution in [2.75, 3.05) is 11.4 Å². The maximum Gasteiger partial charge on any atom is 0.416 e. The zero-order valence-corrected chi connectivity index (χ0v) is 15.3. The molecule has 27 heavy (non-hydrogen) atoms. The lowest BCUT2D eigenvalue weighted by Gasteiger charge is -2.20. The van der Waals surface area contributed by atoms with E-state index >= 15 is 0 Å². The minimum absolute atomic E-state index is 0.0760. The molecule has 140 valence electrons. The van der Waals surface area contributed by atoms with E-state index in [1.54, 1.807) is 10.3 Å². The molecule has 1 heterocycles. The first-order valence-electron chi connectivity index (χ1n) is 8.36. The van der Waals surface area contributed by atoms with Crippen LogP contribution in [-0.4, -0.2) is 17.4 Å². The lowest BCUT2D eigenvalue weighted by molar-refractivity contribution is -0.137. The average molecular weight is 390 g/mol. The van der Waals surface area contributed by atoms with Crippen molar-refractivity contribution >= 4 is 22.9 Å². The summed E-state index contributed by atoms with van der Waals surface area (Å²) in [5, 5.41) is 2.36. The highest BCUT2D eigenvalue weighted by molar-refractivity contribution is 7.13. The average Bonchev–Trinajstić information content (AvgIpc) is 3.11. The van der Waals surface area contributed by atoms with Gasteiger partial charge in [0.15, 0.2) is 0 Å². The Balaban J connectivity index is 1.73. The first-order chi connectivity index (χ1) is 12.9. The van der Waals surface area contributed by atoms with Crippen LogP contribution in [0.5, 0.6) is 0 Å². The minimum Gasteiger partial charge on any atom is -0.312 e. The van der Waals surface area contributed by atoms with Gasteiger partial charge in [-0.25, -0.2) is 4.98 Å². The third-order valence-corrected chi connectivity index (χ3v) is 4.97. The standard InChI is InChI=1S/C20H17F3N2OS/c1-2-25(17-6-4-3-5-7-17)18(26)12-16-13-27-19(24-16)14-8-10-15(11-9-14)20(21,22)23/h3-11,13H,2,12H2,1H3. The highest BCUT2D eigenvalue weighted by Crippen LogP contribution is 2.31. The van der Waals surface area contributed by atoms with Gasteiger partial charge in [-0.1, -0.05) is 30.3 Å². The summed E-state index contributed by atoms with van der Waals surface area (Å²) in [5.41, 5.74) is 1.33. The Hall–Kier alpha value is -2.67. The molecule has 3 rings (SSSR count). The van der Waals surface area contributed by atoms with Gasteiger partial charge in [0, 0.05) is 23.2 Å². The van der Waals surface area contributed by atoms with Crippen molar-refractivity contribution in [2.24, 2.45) is 0 Å². The SMILES string of the molecule is CCN(C(=O)Cc1csc(-c2ccc(C(F)(F)F)cc2)n1)c1ccccc1. The summed E-state index contributed by atoms with van der Waals surface area (Å²) < 4.78 is 38.0. The van der Waals surface area contributed by atoms with E-state index in [-0.39, 0.29) is 12.3 Å². The number of likely N-dealkylation sites (N-methyl/N-ethyl adjacent to an activating group) is 1. The van der Waals surface area contributed by atoms with Crippen LogP contribution in [0.1, 0.15) is 18.2 Å². The molecule has 0 atom stereocenters. The third kappa shape index (κ3) is 4.54. The number of alkyl halides is 3. The number of para-hydroxylation sites is 1. The number of benzene rings is 2. The zero-order valence-electron chi connectivity index (χ0n) is 14.5. The Bertz CT molecular complexity index is 905. The molecule has 0 radical (unpaired) electrons. The van der Waals surface area contributed by atoms with Crippen LogP contribution in [0.15, 0.2) is 60.0 Å². The molecular weight excluding hydrogens is 373 g/mol. The van der Waals surface area contributed by atoms with E-state index in [9.17, 15) is 18.0 Å². The Labute approximate surface area is 159 Å². The second-order valence-electron chi connectivity index (χ2n) is 5.87. The summed E-state index contributed by atoms with van der Waals surface area (Å²) in [6, 6.07) is 14.2. The van der Waals surface area contributed by atoms with E-state index in [4.69, 9.17) is 0 Å². The second kappa shape index (κ2) is 7.92. The molecule has 3 nitrogen and oxygen atoms in total. The fourth-order valence-electron chi connectivity index (χ4n) is 2.68. The maximum absolute atomic E-state index is 12.7. The molecule has 7 heteroatoms. The molecule has 3 aromatic rings. The third-order valence-electron chi connectivity index (χ3n) is 4.03. The normalized spacial score (nSPS) is 11.4. The van der Waals surface area contributed by atoms with Crippen LogP contribution in [0.2, 0.25) is 0 Å². The van der Waals surface area contributed by atoms with Gasteiger partial charge in [0.1, 0.15) is 5.01 Å². The Morgan fingerprint density at radius 2 is 1.74 bits per heavy atom. The van der Waals surface area contributed by atoms with Gasteiger partial charge in [0.25, 0.3) is 0 Å². The van der Waals surface area contributed by atoms with Crippen LogP contribution in [-0.2, 0) is 17.4 Å². The van der Waals surface area contributed by atoms with Gasteiger partial charge in [-0.05, 0) is 31.2 Å². The van der Waals surface area contributed by atoms with E-state index in [1.807, 2.05) is 37.3 Å². The number of anilines is 1. The van der Waals surface area contributed by atoms with E-state index < -0.39 is 11.7 Å². The maximum atomic E-state index is 12.7. The van der Waals surface area contributed by atoms with Crippen molar-refractivity contribution in [2.45, 2.75) is 19.5 Å². The largest absolute Gasteiger partial charge is 0.416 e. The van der Waals surface area contributed by atoms with Gasteiger partial charge in [-0.15, -0.1) is 11.3 Å². The predicted molar refractivity (Wildman–Crippen MR) is 101 cm³/mol. The Morgan fingerprint density at radius 3 is 2.33 bits per heavy atom. The fourth-order valence-corrected chi connectivity index (χ4v) is 3.51. The molecule has 0 saturated carbocycles. The zero-order chi connectivity index (χ0) is 19.4. The first-order valence-corrected chi connectivity index (χ1v) is 9.24. The Kier molecular flexibility index (Phi) is 5.60. The highest BCUT2D eigenvalue weighted by atomic mass is 32.1. The van der Waals surface area contributed by atoms with Gasteiger partial charge in [0.2, 0.25) is 5.91 Å². The molecule has 0 N–H and O–H groups in total. The molecule has 0 aliphatic heterocycles. The van der Waals surface area contributed by atoms with Crippen LogP contribution in [0.3, 0.4) is 0 Å². The van der Waals surface area contributed by atoms with Crippen molar-refractivity contribution in [3.63, 3.8) is 0 Å². The molecule has 0 fully saturated rings. The van der Waals surface area contributed by atoms with Gasteiger partial charge < -0.3 is 4.90 Å². The molecule has 0 saturated heterocycles. The lowest BCUT2D eigenvalue weighted by atomic mass is 10.1. The number of hydrogen-bond donors (Lipinski definition) is 0. The summed E-state index contributed by atoms with van der Waals surface area (Å²) in [6.07, 6.45) is -4.22. The first kappa shape index (κ1) is 19.1. The molecular formula is C20H17F3N2OS. The summed E-state index contributed by atoms with van der Waals surface area (Å²) >= 11 is 1.31.